The Hall–Kier alpha value is -0.0400. The average Bonchev–Trinajstić information content (AvgIpc) is 2.73. The van der Waals surface area contributed by atoms with E-state index in [9.17, 15) is 0 Å². The Labute approximate surface area is 148 Å². The Morgan fingerprint density at radius 2 is 2.05 bits per heavy atom. The third-order valence-corrected chi connectivity index (χ3v) is 4.03. The predicted molar refractivity (Wildman–Crippen MR) is 102 cm³/mol. The molecule has 1 heterocycles. The highest BCUT2D eigenvalue weighted by atomic mass is 127. The molecular weight excluding hydrogens is 377 g/mol. The van der Waals surface area contributed by atoms with Gasteiger partial charge in [-0.1, -0.05) is 27.7 Å². The predicted octanol–water partition coefficient (Wildman–Crippen LogP) is 3.36. The first-order valence-electron chi connectivity index (χ1n) is 7.97. The summed E-state index contributed by atoms with van der Waals surface area (Å²) in [5, 5.41) is 3.49. The van der Waals surface area contributed by atoms with Gasteiger partial charge in [0.15, 0.2) is 5.96 Å². The van der Waals surface area contributed by atoms with E-state index in [-0.39, 0.29) is 24.0 Å². The molecule has 0 spiro atoms. The third-order valence-electron chi connectivity index (χ3n) is 4.03. The second kappa shape index (κ2) is 9.87. The van der Waals surface area contributed by atoms with Crippen molar-refractivity contribution in [2.24, 2.45) is 16.3 Å². The van der Waals surface area contributed by atoms with Crippen LogP contribution in [0.4, 0.5) is 0 Å². The lowest BCUT2D eigenvalue weighted by Crippen LogP contribution is -2.42. The summed E-state index contributed by atoms with van der Waals surface area (Å²) in [7, 11) is 1.87. The van der Waals surface area contributed by atoms with Crippen molar-refractivity contribution in [1.29, 1.82) is 0 Å². The van der Waals surface area contributed by atoms with Crippen molar-refractivity contribution < 1.29 is 4.74 Å². The fourth-order valence-corrected chi connectivity index (χ4v) is 2.77. The number of guanidine groups is 1. The van der Waals surface area contributed by atoms with Crippen molar-refractivity contribution in [3.8, 4) is 0 Å². The highest BCUT2D eigenvalue weighted by molar-refractivity contribution is 14.0. The van der Waals surface area contributed by atoms with E-state index in [1.54, 1.807) is 0 Å². The molecular formula is C16H34IN3O. The van der Waals surface area contributed by atoms with E-state index in [4.69, 9.17) is 4.74 Å². The van der Waals surface area contributed by atoms with Gasteiger partial charge < -0.3 is 15.0 Å². The van der Waals surface area contributed by atoms with Crippen LogP contribution >= 0.6 is 24.0 Å². The SMILES string of the molecule is CCOC(CCNC(=NC)N1CCC(C)(C)C1)C(C)C.I. The Balaban J connectivity index is 0.00000400. The van der Waals surface area contributed by atoms with Gasteiger partial charge in [-0.05, 0) is 31.1 Å². The third kappa shape index (κ3) is 7.17. The van der Waals surface area contributed by atoms with Crippen molar-refractivity contribution in [3.05, 3.63) is 0 Å². The number of hydrogen-bond donors (Lipinski definition) is 1. The lowest BCUT2D eigenvalue weighted by Gasteiger charge is -2.25. The number of rotatable bonds is 6. The van der Waals surface area contributed by atoms with E-state index in [0.29, 0.717) is 17.4 Å². The van der Waals surface area contributed by atoms with E-state index < -0.39 is 0 Å². The lowest BCUT2D eigenvalue weighted by atomic mass is 9.93. The molecule has 1 fully saturated rings. The molecule has 0 radical (unpaired) electrons. The fourth-order valence-electron chi connectivity index (χ4n) is 2.77. The molecule has 0 amide bonds. The summed E-state index contributed by atoms with van der Waals surface area (Å²) in [6, 6.07) is 0. The summed E-state index contributed by atoms with van der Waals surface area (Å²) >= 11 is 0. The maximum absolute atomic E-state index is 5.78. The monoisotopic (exact) mass is 411 g/mol. The number of hydrogen-bond acceptors (Lipinski definition) is 2. The van der Waals surface area contributed by atoms with Crippen LogP contribution < -0.4 is 5.32 Å². The summed E-state index contributed by atoms with van der Waals surface area (Å²) in [5.74, 6) is 1.60. The minimum absolute atomic E-state index is 0. The van der Waals surface area contributed by atoms with Crippen LogP contribution in [0.2, 0.25) is 0 Å². The van der Waals surface area contributed by atoms with E-state index in [1.807, 2.05) is 7.05 Å². The van der Waals surface area contributed by atoms with Gasteiger partial charge >= 0.3 is 0 Å². The first kappa shape index (κ1) is 21.0. The molecule has 1 aliphatic heterocycles. The summed E-state index contributed by atoms with van der Waals surface area (Å²) in [6.07, 6.45) is 2.60. The molecule has 0 aromatic carbocycles. The molecule has 1 saturated heterocycles. The largest absolute Gasteiger partial charge is 0.378 e. The standard InChI is InChI=1S/C16H33N3O.HI/c1-7-20-14(13(2)3)8-10-18-15(17-6)19-11-9-16(4,5)12-19;/h13-14H,7-12H2,1-6H3,(H,17,18);1H. The lowest BCUT2D eigenvalue weighted by molar-refractivity contribution is 0.0257. The second-order valence-electron chi connectivity index (χ2n) is 6.84. The molecule has 4 nitrogen and oxygen atoms in total. The number of nitrogens with zero attached hydrogens (tertiary/aromatic N) is 2. The molecule has 0 bridgehead atoms. The molecule has 1 unspecified atom stereocenters. The van der Waals surface area contributed by atoms with Crippen molar-refractivity contribution >= 4 is 29.9 Å². The maximum Gasteiger partial charge on any atom is 0.193 e. The Bertz CT molecular complexity index is 319. The molecule has 126 valence electrons. The molecule has 0 aromatic rings. The minimum atomic E-state index is 0. The summed E-state index contributed by atoms with van der Waals surface area (Å²) in [5.41, 5.74) is 0.406. The van der Waals surface area contributed by atoms with Crippen molar-refractivity contribution in [1.82, 2.24) is 10.2 Å². The Kier molecular flexibility index (Phi) is 9.85. The topological polar surface area (TPSA) is 36.9 Å². The maximum atomic E-state index is 5.78. The molecule has 1 aliphatic rings. The van der Waals surface area contributed by atoms with Crippen molar-refractivity contribution in [2.45, 2.75) is 53.6 Å². The molecule has 0 aromatic heterocycles. The molecule has 1 rings (SSSR count). The van der Waals surface area contributed by atoms with Crippen LogP contribution in [-0.4, -0.2) is 50.3 Å². The van der Waals surface area contributed by atoms with E-state index in [1.165, 1.54) is 6.42 Å². The van der Waals surface area contributed by atoms with E-state index in [0.717, 1.165) is 38.6 Å². The van der Waals surface area contributed by atoms with Gasteiger partial charge in [0.2, 0.25) is 0 Å². The number of nitrogens with one attached hydrogen (secondary N) is 1. The normalized spacial score (nSPS) is 19.6. The Morgan fingerprint density at radius 3 is 2.48 bits per heavy atom. The van der Waals surface area contributed by atoms with Gasteiger partial charge in [-0.25, -0.2) is 0 Å². The van der Waals surface area contributed by atoms with Crippen LogP contribution in [0.3, 0.4) is 0 Å². The van der Waals surface area contributed by atoms with Gasteiger partial charge in [-0.3, -0.25) is 4.99 Å². The number of ether oxygens (including phenoxy) is 1. The van der Waals surface area contributed by atoms with E-state index >= 15 is 0 Å². The van der Waals surface area contributed by atoms with Gasteiger partial charge in [0.05, 0.1) is 6.10 Å². The van der Waals surface area contributed by atoms with Gasteiger partial charge in [0.1, 0.15) is 0 Å². The summed E-state index contributed by atoms with van der Waals surface area (Å²) < 4.78 is 5.78. The molecule has 21 heavy (non-hydrogen) atoms. The quantitative estimate of drug-likeness (QED) is 0.414. The van der Waals surface area contributed by atoms with Crippen LogP contribution in [0.25, 0.3) is 0 Å². The smallest absolute Gasteiger partial charge is 0.193 e. The molecule has 0 aliphatic carbocycles. The van der Waals surface area contributed by atoms with Gasteiger partial charge in [0, 0.05) is 33.3 Å². The average molecular weight is 411 g/mol. The zero-order chi connectivity index (χ0) is 15.2. The highest BCUT2D eigenvalue weighted by Crippen LogP contribution is 2.28. The summed E-state index contributed by atoms with van der Waals surface area (Å²) in [6.45, 7) is 15.1. The van der Waals surface area contributed by atoms with Gasteiger partial charge in [-0.2, -0.15) is 0 Å². The van der Waals surface area contributed by atoms with Crippen LogP contribution in [0.15, 0.2) is 4.99 Å². The van der Waals surface area contributed by atoms with Gasteiger partial charge in [-0.15, -0.1) is 24.0 Å². The van der Waals surface area contributed by atoms with Crippen molar-refractivity contribution in [2.75, 3.05) is 33.3 Å². The number of aliphatic imine (C=N–C) groups is 1. The zero-order valence-corrected chi connectivity index (χ0v) is 16.9. The van der Waals surface area contributed by atoms with Gasteiger partial charge in [0.25, 0.3) is 0 Å². The van der Waals surface area contributed by atoms with Crippen LogP contribution in [-0.2, 0) is 4.74 Å². The molecule has 1 atom stereocenters. The number of likely N-dealkylation sites (tertiary alicyclic amines) is 1. The highest BCUT2D eigenvalue weighted by Gasteiger charge is 2.30. The van der Waals surface area contributed by atoms with Crippen LogP contribution in [0, 0.1) is 11.3 Å². The zero-order valence-electron chi connectivity index (χ0n) is 14.6. The number of halogens is 1. The van der Waals surface area contributed by atoms with Crippen LogP contribution in [0.1, 0.15) is 47.5 Å². The minimum Gasteiger partial charge on any atom is -0.378 e. The van der Waals surface area contributed by atoms with Crippen LogP contribution in [0.5, 0.6) is 0 Å². The second-order valence-corrected chi connectivity index (χ2v) is 6.84. The first-order valence-corrected chi connectivity index (χ1v) is 7.97. The first-order chi connectivity index (χ1) is 9.39. The molecule has 0 saturated carbocycles. The van der Waals surface area contributed by atoms with E-state index in [2.05, 4.69) is 49.8 Å². The Morgan fingerprint density at radius 1 is 1.38 bits per heavy atom. The van der Waals surface area contributed by atoms with Crippen molar-refractivity contribution in [3.63, 3.8) is 0 Å². The molecule has 5 heteroatoms. The molecule has 1 N–H and O–H groups in total. The fraction of sp³-hybridized carbons (Fsp3) is 0.938. The summed E-state index contributed by atoms with van der Waals surface area (Å²) in [4.78, 5) is 6.78.